The first-order valence-corrected chi connectivity index (χ1v) is 10.6. The van der Waals surface area contributed by atoms with Gasteiger partial charge in [0.1, 0.15) is 5.82 Å². The first-order chi connectivity index (χ1) is 16.3. The summed E-state index contributed by atoms with van der Waals surface area (Å²) >= 11 is 0. The fraction of sp³-hybridized carbons (Fsp3) is 0.304. The predicted molar refractivity (Wildman–Crippen MR) is 112 cm³/mol. The number of aromatic nitrogens is 2. The molecule has 2 aromatic carbocycles. The van der Waals surface area contributed by atoms with Crippen LogP contribution in [0.1, 0.15) is 21.6 Å². The molecule has 1 amide bonds. The van der Waals surface area contributed by atoms with Crippen molar-refractivity contribution in [3.05, 3.63) is 71.3 Å². The number of piperazine rings is 1. The zero-order valence-electron chi connectivity index (χ0n) is 17.9. The molecule has 0 unspecified atom stereocenters. The summed E-state index contributed by atoms with van der Waals surface area (Å²) in [6.07, 6.45) is -3.90. The Hall–Kier alpha value is -3.60. The van der Waals surface area contributed by atoms with Crippen LogP contribution in [-0.2, 0) is 12.7 Å². The van der Waals surface area contributed by atoms with Crippen LogP contribution in [0, 0.1) is 5.82 Å². The summed E-state index contributed by atoms with van der Waals surface area (Å²) in [6, 6.07) is 10.1. The highest BCUT2D eigenvalue weighted by molar-refractivity contribution is 5.95. The minimum Gasteiger partial charge on any atom is -0.454 e. The van der Waals surface area contributed by atoms with Gasteiger partial charge in [0.2, 0.25) is 6.79 Å². The van der Waals surface area contributed by atoms with Gasteiger partial charge in [-0.25, -0.2) is 9.07 Å². The Morgan fingerprint density at radius 2 is 1.68 bits per heavy atom. The smallest absolute Gasteiger partial charge is 0.434 e. The molecule has 0 atom stereocenters. The highest BCUT2D eigenvalue weighted by Crippen LogP contribution is 2.35. The summed E-state index contributed by atoms with van der Waals surface area (Å²) in [4.78, 5) is 16.5. The number of halogens is 4. The van der Waals surface area contributed by atoms with Gasteiger partial charge in [0.15, 0.2) is 17.2 Å². The third-order valence-corrected chi connectivity index (χ3v) is 5.84. The van der Waals surface area contributed by atoms with Gasteiger partial charge in [-0.15, -0.1) is 0 Å². The maximum absolute atomic E-state index is 13.9. The number of rotatable bonds is 4. The topological polar surface area (TPSA) is 59.8 Å². The van der Waals surface area contributed by atoms with E-state index >= 15 is 0 Å². The van der Waals surface area contributed by atoms with Crippen LogP contribution in [-0.4, -0.2) is 58.5 Å². The van der Waals surface area contributed by atoms with Crippen molar-refractivity contribution in [2.75, 3.05) is 33.0 Å². The van der Waals surface area contributed by atoms with Crippen molar-refractivity contribution >= 4 is 5.91 Å². The second kappa shape index (κ2) is 8.64. The van der Waals surface area contributed by atoms with Gasteiger partial charge in [-0.1, -0.05) is 6.07 Å². The Morgan fingerprint density at radius 3 is 2.38 bits per heavy atom. The molecule has 34 heavy (non-hydrogen) atoms. The Balaban J connectivity index is 1.29. The molecular weight excluding hydrogens is 456 g/mol. The molecule has 178 valence electrons. The SMILES string of the molecule is O=C(c1cnn(-c2ccc(F)cc2)c1C(F)(F)F)N1CCN(Cc2ccc3c(c2)OCO3)CC1. The zero-order chi connectivity index (χ0) is 23.9. The summed E-state index contributed by atoms with van der Waals surface area (Å²) in [5.41, 5.74) is -0.668. The molecule has 1 aromatic heterocycles. The van der Waals surface area contributed by atoms with E-state index in [4.69, 9.17) is 9.47 Å². The lowest BCUT2D eigenvalue weighted by molar-refractivity contribution is -0.143. The quantitative estimate of drug-likeness (QED) is 0.538. The van der Waals surface area contributed by atoms with Crippen molar-refractivity contribution in [1.82, 2.24) is 19.6 Å². The first kappa shape index (κ1) is 22.2. The average molecular weight is 476 g/mol. The lowest BCUT2D eigenvalue weighted by atomic mass is 10.1. The number of amides is 1. The minimum absolute atomic E-state index is 0.0151. The van der Waals surface area contributed by atoms with E-state index in [1.54, 1.807) is 0 Å². The van der Waals surface area contributed by atoms with Crippen LogP contribution in [0.4, 0.5) is 17.6 Å². The molecule has 0 saturated carbocycles. The molecule has 0 spiro atoms. The number of carbonyl (C=O) groups excluding carboxylic acids is 1. The fourth-order valence-corrected chi connectivity index (χ4v) is 4.13. The van der Waals surface area contributed by atoms with Gasteiger partial charge in [-0.2, -0.15) is 18.3 Å². The van der Waals surface area contributed by atoms with E-state index in [2.05, 4.69) is 10.00 Å². The van der Waals surface area contributed by atoms with Gasteiger partial charge in [0.25, 0.3) is 5.91 Å². The summed E-state index contributed by atoms with van der Waals surface area (Å²) in [6.45, 7) is 2.39. The van der Waals surface area contributed by atoms with E-state index in [0.29, 0.717) is 35.8 Å². The molecule has 1 fully saturated rings. The van der Waals surface area contributed by atoms with Crippen molar-refractivity contribution < 1.29 is 31.8 Å². The number of carbonyl (C=O) groups is 1. The number of alkyl halides is 3. The fourth-order valence-electron chi connectivity index (χ4n) is 4.13. The maximum Gasteiger partial charge on any atom is 0.434 e. The minimum atomic E-state index is -4.82. The molecule has 0 N–H and O–H groups in total. The number of hydrogen-bond donors (Lipinski definition) is 0. The van der Waals surface area contributed by atoms with E-state index in [1.165, 1.54) is 17.0 Å². The highest BCUT2D eigenvalue weighted by atomic mass is 19.4. The largest absolute Gasteiger partial charge is 0.454 e. The van der Waals surface area contributed by atoms with Crippen LogP contribution in [0.15, 0.2) is 48.7 Å². The van der Waals surface area contributed by atoms with Gasteiger partial charge in [0, 0.05) is 32.7 Å². The molecule has 1 saturated heterocycles. The summed E-state index contributed by atoms with van der Waals surface area (Å²) < 4.78 is 66.2. The Labute approximate surface area is 192 Å². The monoisotopic (exact) mass is 476 g/mol. The van der Waals surface area contributed by atoms with Gasteiger partial charge in [-0.3, -0.25) is 9.69 Å². The van der Waals surface area contributed by atoms with Crippen molar-refractivity contribution in [3.8, 4) is 17.2 Å². The van der Waals surface area contributed by atoms with E-state index < -0.39 is 29.2 Å². The molecule has 0 radical (unpaired) electrons. The number of fused-ring (bicyclic) bond motifs is 1. The summed E-state index contributed by atoms with van der Waals surface area (Å²) in [5.74, 6) is 0.0628. The van der Waals surface area contributed by atoms with Crippen LogP contribution in [0.3, 0.4) is 0 Å². The van der Waals surface area contributed by atoms with Crippen LogP contribution in [0.5, 0.6) is 11.5 Å². The van der Waals surface area contributed by atoms with Crippen molar-refractivity contribution in [3.63, 3.8) is 0 Å². The van der Waals surface area contributed by atoms with Gasteiger partial charge in [0.05, 0.1) is 17.4 Å². The number of hydrogen-bond acceptors (Lipinski definition) is 5. The zero-order valence-corrected chi connectivity index (χ0v) is 17.9. The molecule has 11 heteroatoms. The number of nitrogens with zero attached hydrogens (tertiary/aromatic N) is 4. The number of ether oxygens (including phenoxy) is 2. The van der Waals surface area contributed by atoms with Crippen LogP contribution in [0.2, 0.25) is 0 Å². The molecular formula is C23H20F4N4O3. The lowest BCUT2D eigenvalue weighted by Gasteiger charge is -2.34. The average Bonchev–Trinajstić information content (AvgIpc) is 3.46. The highest BCUT2D eigenvalue weighted by Gasteiger charge is 2.41. The Bertz CT molecular complexity index is 1200. The molecule has 7 nitrogen and oxygen atoms in total. The Kier molecular flexibility index (Phi) is 5.64. The normalized spacial score (nSPS) is 16.2. The van der Waals surface area contributed by atoms with Crippen LogP contribution < -0.4 is 9.47 Å². The Morgan fingerprint density at radius 1 is 0.971 bits per heavy atom. The molecule has 2 aliphatic rings. The van der Waals surface area contributed by atoms with E-state index in [0.717, 1.165) is 23.9 Å². The molecule has 0 bridgehead atoms. The third kappa shape index (κ3) is 4.30. The first-order valence-electron chi connectivity index (χ1n) is 10.6. The summed E-state index contributed by atoms with van der Waals surface area (Å²) in [5, 5.41) is 3.79. The van der Waals surface area contributed by atoms with Crippen LogP contribution >= 0.6 is 0 Å². The van der Waals surface area contributed by atoms with E-state index in [-0.39, 0.29) is 25.6 Å². The molecule has 3 heterocycles. The van der Waals surface area contributed by atoms with Gasteiger partial charge >= 0.3 is 6.18 Å². The van der Waals surface area contributed by atoms with Crippen molar-refractivity contribution in [1.29, 1.82) is 0 Å². The van der Waals surface area contributed by atoms with E-state index in [1.807, 2.05) is 18.2 Å². The molecule has 3 aromatic rings. The maximum atomic E-state index is 13.9. The second-order valence-corrected chi connectivity index (χ2v) is 8.05. The molecule has 5 rings (SSSR count). The summed E-state index contributed by atoms with van der Waals surface area (Å²) in [7, 11) is 0. The second-order valence-electron chi connectivity index (χ2n) is 8.05. The standard InChI is InChI=1S/C23H20F4N4O3/c24-16-2-4-17(5-3-16)31-21(23(25,26)27)18(12-28-31)22(32)30-9-7-29(8-10-30)13-15-1-6-19-20(11-15)34-14-33-19/h1-6,11-12H,7-10,13-14H2. The molecule has 0 aliphatic carbocycles. The van der Waals surface area contributed by atoms with Gasteiger partial charge < -0.3 is 14.4 Å². The predicted octanol–water partition coefficient (Wildman–Crippen LogP) is 3.72. The van der Waals surface area contributed by atoms with E-state index in [9.17, 15) is 22.4 Å². The van der Waals surface area contributed by atoms with Crippen molar-refractivity contribution in [2.24, 2.45) is 0 Å². The lowest BCUT2D eigenvalue weighted by Crippen LogP contribution is -2.48. The number of benzene rings is 2. The van der Waals surface area contributed by atoms with Crippen molar-refractivity contribution in [2.45, 2.75) is 12.7 Å². The third-order valence-electron chi connectivity index (χ3n) is 5.84. The molecule has 2 aliphatic heterocycles. The van der Waals surface area contributed by atoms with Gasteiger partial charge in [-0.05, 0) is 42.0 Å². The van der Waals surface area contributed by atoms with Crippen LogP contribution in [0.25, 0.3) is 5.69 Å².